The summed E-state index contributed by atoms with van der Waals surface area (Å²) in [5.74, 6) is -0.451. The molecule has 1 amide bonds. The molecule has 1 atom stereocenters. The minimum absolute atomic E-state index is 0.0362. The maximum Gasteiger partial charge on any atom is 0.226 e. The lowest BCUT2D eigenvalue weighted by molar-refractivity contribution is -0.117. The van der Waals surface area contributed by atoms with Crippen molar-refractivity contribution in [3.63, 3.8) is 0 Å². The first-order valence-corrected chi connectivity index (χ1v) is 6.02. The Kier molecular flexibility index (Phi) is 4.28. The van der Waals surface area contributed by atoms with E-state index in [1.165, 1.54) is 6.07 Å². The molecule has 1 saturated heterocycles. The van der Waals surface area contributed by atoms with Crippen LogP contribution in [-0.4, -0.2) is 31.7 Å². The first-order chi connectivity index (χ1) is 8.65. The lowest BCUT2D eigenvalue weighted by Gasteiger charge is -2.23. The summed E-state index contributed by atoms with van der Waals surface area (Å²) in [5.41, 5.74) is 1.05. The minimum atomic E-state index is -0.313. The first kappa shape index (κ1) is 13.0. The molecule has 1 fully saturated rings. The number of hydrogen-bond donors (Lipinski definition) is 2. The summed E-state index contributed by atoms with van der Waals surface area (Å²) in [6.07, 6.45) is 0.329. The number of anilines is 1. The smallest absolute Gasteiger partial charge is 0.226 e. The fourth-order valence-corrected chi connectivity index (χ4v) is 1.86. The SMILES string of the molecule is Cc1ccc(NC(=O)CC2COCCN2)cc1F. The molecule has 4 nitrogen and oxygen atoms in total. The maximum absolute atomic E-state index is 13.3. The number of halogens is 1. The van der Waals surface area contributed by atoms with Gasteiger partial charge in [0.05, 0.1) is 13.2 Å². The largest absolute Gasteiger partial charge is 0.378 e. The lowest BCUT2D eigenvalue weighted by Crippen LogP contribution is -2.43. The molecular formula is C13H17FN2O2. The van der Waals surface area contributed by atoms with Crippen LogP contribution in [0.25, 0.3) is 0 Å². The number of carbonyl (C=O) groups is 1. The van der Waals surface area contributed by atoms with Crippen molar-refractivity contribution in [3.8, 4) is 0 Å². The van der Waals surface area contributed by atoms with Crippen molar-refractivity contribution in [2.45, 2.75) is 19.4 Å². The number of amides is 1. The molecule has 18 heavy (non-hydrogen) atoms. The highest BCUT2D eigenvalue weighted by Crippen LogP contribution is 2.14. The molecule has 1 aromatic carbocycles. The molecule has 0 aliphatic carbocycles. The van der Waals surface area contributed by atoms with Crippen LogP contribution in [-0.2, 0) is 9.53 Å². The third-order valence-electron chi connectivity index (χ3n) is 2.89. The second kappa shape index (κ2) is 5.93. The van der Waals surface area contributed by atoms with Crippen LogP contribution in [0.2, 0.25) is 0 Å². The van der Waals surface area contributed by atoms with Gasteiger partial charge in [-0.25, -0.2) is 4.39 Å². The molecule has 1 aliphatic heterocycles. The second-order valence-corrected chi connectivity index (χ2v) is 4.44. The van der Waals surface area contributed by atoms with E-state index in [1.54, 1.807) is 19.1 Å². The number of carbonyl (C=O) groups excluding carboxylic acids is 1. The van der Waals surface area contributed by atoms with E-state index < -0.39 is 0 Å². The number of nitrogens with one attached hydrogen (secondary N) is 2. The van der Waals surface area contributed by atoms with Crippen LogP contribution in [0.3, 0.4) is 0 Å². The van der Waals surface area contributed by atoms with Crippen LogP contribution in [0.15, 0.2) is 18.2 Å². The zero-order valence-corrected chi connectivity index (χ0v) is 10.3. The molecule has 0 bridgehead atoms. The van der Waals surface area contributed by atoms with Crippen molar-refractivity contribution in [2.24, 2.45) is 0 Å². The van der Waals surface area contributed by atoms with Gasteiger partial charge in [0.25, 0.3) is 0 Å². The van der Waals surface area contributed by atoms with Gasteiger partial charge < -0.3 is 15.4 Å². The Bertz CT molecular complexity index is 431. The molecule has 1 unspecified atom stereocenters. The summed E-state index contributed by atoms with van der Waals surface area (Å²) in [6, 6.07) is 4.71. The summed E-state index contributed by atoms with van der Waals surface area (Å²) in [6.45, 7) is 3.66. The Morgan fingerprint density at radius 3 is 3.11 bits per heavy atom. The summed E-state index contributed by atoms with van der Waals surface area (Å²) >= 11 is 0. The van der Waals surface area contributed by atoms with E-state index in [1.807, 2.05) is 0 Å². The third kappa shape index (κ3) is 3.51. The summed E-state index contributed by atoms with van der Waals surface area (Å²) in [7, 11) is 0. The second-order valence-electron chi connectivity index (χ2n) is 4.44. The molecule has 1 heterocycles. The van der Waals surface area contributed by atoms with E-state index in [0.717, 1.165) is 6.54 Å². The molecule has 0 radical (unpaired) electrons. The van der Waals surface area contributed by atoms with Crippen LogP contribution < -0.4 is 10.6 Å². The van der Waals surface area contributed by atoms with E-state index in [-0.39, 0.29) is 17.8 Å². The Morgan fingerprint density at radius 2 is 2.44 bits per heavy atom. The van der Waals surface area contributed by atoms with Gasteiger partial charge in [-0.1, -0.05) is 6.07 Å². The zero-order chi connectivity index (χ0) is 13.0. The molecule has 98 valence electrons. The van der Waals surface area contributed by atoms with Gasteiger partial charge >= 0.3 is 0 Å². The van der Waals surface area contributed by atoms with Gasteiger partial charge in [-0.2, -0.15) is 0 Å². The third-order valence-corrected chi connectivity index (χ3v) is 2.89. The molecule has 0 saturated carbocycles. The van der Waals surface area contributed by atoms with Gasteiger partial charge in [0.15, 0.2) is 0 Å². The first-order valence-electron chi connectivity index (χ1n) is 6.02. The predicted molar refractivity (Wildman–Crippen MR) is 67.0 cm³/mol. The van der Waals surface area contributed by atoms with E-state index in [4.69, 9.17) is 4.74 Å². The average molecular weight is 252 g/mol. The highest BCUT2D eigenvalue weighted by Gasteiger charge is 2.16. The lowest BCUT2D eigenvalue weighted by atomic mass is 10.1. The van der Waals surface area contributed by atoms with Gasteiger partial charge in [-0.15, -0.1) is 0 Å². The van der Waals surface area contributed by atoms with Crippen molar-refractivity contribution in [1.29, 1.82) is 0 Å². The van der Waals surface area contributed by atoms with Gasteiger partial charge in [-0.05, 0) is 24.6 Å². The molecular weight excluding hydrogens is 235 g/mol. The molecule has 2 N–H and O–H groups in total. The van der Waals surface area contributed by atoms with Crippen molar-refractivity contribution in [3.05, 3.63) is 29.6 Å². The normalized spacial score (nSPS) is 19.6. The Hall–Kier alpha value is -1.46. The van der Waals surface area contributed by atoms with Crippen molar-refractivity contribution < 1.29 is 13.9 Å². The number of morpholine rings is 1. The number of rotatable bonds is 3. The van der Waals surface area contributed by atoms with Crippen LogP contribution in [0.1, 0.15) is 12.0 Å². The van der Waals surface area contributed by atoms with Crippen molar-refractivity contribution in [2.75, 3.05) is 25.1 Å². The fraction of sp³-hybridized carbons (Fsp3) is 0.462. The highest BCUT2D eigenvalue weighted by atomic mass is 19.1. The van der Waals surface area contributed by atoms with E-state index in [9.17, 15) is 9.18 Å². The summed E-state index contributed by atoms with van der Waals surface area (Å²) < 4.78 is 18.6. The number of benzene rings is 1. The predicted octanol–water partition coefficient (Wildman–Crippen LogP) is 1.45. The van der Waals surface area contributed by atoms with E-state index in [2.05, 4.69) is 10.6 Å². The summed E-state index contributed by atoms with van der Waals surface area (Å²) in [4.78, 5) is 11.7. The Morgan fingerprint density at radius 1 is 1.61 bits per heavy atom. The minimum Gasteiger partial charge on any atom is -0.378 e. The Labute approximate surface area is 106 Å². The maximum atomic E-state index is 13.3. The number of ether oxygens (including phenoxy) is 1. The standard InChI is InChI=1S/C13H17FN2O2/c1-9-2-3-10(6-12(9)14)16-13(17)7-11-8-18-5-4-15-11/h2-3,6,11,15H,4-5,7-8H2,1H3,(H,16,17). The van der Waals surface area contributed by atoms with Gasteiger partial charge in [0, 0.05) is 24.7 Å². The zero-order valence-electron chi connectivity index (χ0n) is 10.3. The van der Waals surface area contributed by atoms with Crippen LogP contribution in [0, 0.1) is 12.7 Å². The number of aryl methyl sites for hydroxylation is 1. The van der Waals surface area contributed by atoms with E-state index >= 15 is 0 Å². The molecule has 0 spiro atoms. The Balaban J connectivity index is 1.88. The molecule has 2 rings (SSSR count). The topological polar surface area (TPSA) is 50.4 Å². The monoisotopic (exact) mass is 252 g/mol. The highest BCUT2D eigenvalue weighted by molar-refractivity contribution is 5.91. The van der Waals surface area contributed by atoms with Crippen molar-refractivity contribution >= 4 is 11.6 Å². The number of hydrogen-bond acceptors (Lipinski definition) is 3. The molecule has 1 aliphatic rings. The average Bonchev–Trinajstić information content (AvgIpc) is 2.35. The molecule has 1 aromatic rings. The van der Waals surface area contributed by atoms with E-state index in [0.29, 0.717) is 30.9 Å². The van der Waals surface area contributed by atoms with Crippen LogP contribution in [0.5, 0.6) is 0 Å². The quantitative estimate of drug-likeness (QED) is 0.856. The van der Waals surface area contributed by atoms with Crippen LogP contribution >= 0.6 is 0 Å². The van der Waals surface area contributed by atoms with Gasteiger partial charge in [0.1, 0.15) is 5.82 Å². The van der Waals surface area contributed by atoms with Crippen LogP contribution in [0.4, 0.5) is 10.1 Å². The molecule has 0 aromatic heterocycles. The fourth-order valence-electron chi connectivity index (χ4n) is 1.86. The van der Waals surface area contributed by atoms with Crippen molar-refractivity contribution in [1.82, 2.24) is 5.32 Å². The summed E-state index contributed by atoms with van der Waals surface area (Å²) in [5, 5.41) is 5.88. The van der Waals surface area contributed by atoms with Gasteiger partial charge in [-0.3, -0.25) is 4.79 Å². The molecule has 5 heteroatoms. The van der Waals surface area contributed by atoms with Gasteiger partial charge in [0.2, 0.25) is 5.91 Å².